The highest BCUT2D eigenvalue weighted by molar-refractivity contribution is 5.35. The van der Waals surface area contributed by atoms with Gasteiger partial charge >= 0.3 is 0 Å². The lowest BCUT2D eigenvalue weighted by Gasteiger charge is -2.36. The van der Waals surface area contributed by atoms with Crippen LogP contribution in [0.4, 0.5) is 4.39 Å². The van der Waals surface area contributed by atoms with E-state index >= 15 is 0 Å². The van der Waals surface area contributed by atoms with Crippen molar-refractivity contribution in [3.63, 3.8) is 0 Å². The van der Waals surface area contributed by atoms with Gasteiger partial charge in [0.05, 0.1) is 11.5 Å². The molecule has 0 radical (unpaired) electrons. The summed E-state index contributed by atoms with van der Waals surface area (Å²) in [7, 11) is 0. The van der Waals surface area contributed by atoms with Crippen molar-refractivity contribution in [2.45, 2.75) is 39.0 Å². The Morgan fingerprint density at radius 2 is 1.56 bits per heavy atom. The molecule has 1 saturated heterocycles. The monoisotopic (exact) mass is 437 g/mol. The summed E-state index contributed by atoms with van der Waals surface area (Å²) in [6, 6.07) is 17.3. The number of aryl methyl sites for hydroxylation is 1. The van der Waals surface area contributed by atoms with E-state index in [1.807, 2.05) is 0 Å². The first-order valence-electron chi connectivity index (χ1n) is 11.7. The number of ether oxygens (including phenoxy) is 1. The standard InChI is InChI=1S/C27H36FN3O/c1-22(2)27(21-29,24-7-5-23(3)6-8-24)13-4-14-30-15-17-31(18-16-30)19-20-32-26-11-9-25(28)10-12-26/h5-12,22H,4,13-20H2,1-3H3. The summed E-state index contributed by atoms with van der Waals surface area (Å²) in [6.07, 6.45) is 1.91. The average Bonchev–Trinajstić information content (AvgIpc) is 2.80. The van der Waals surface area contributed by atoms with Crippen LogP contribution in [0, 0.1) is 30.0 Å². The molecule has 32 heavy (non-hydrogen) atoms. The quantitative estimate of drug-likeness (QED) is 0.523. The molecule has 0 amide bonds. The third kappa shape index (κ3) is 6.31. The minimum absolute atomic E-state index is 0.243. The highest BCUT2D eigenvalue weighted by Crippen LogP contribution is 2.36. The van der Waals surface area contributed by atoms with Crippen molar-refractivity contribution in [2.24, 2.45) is 5.92 Å². The first-order valence-corrected chi connectivity index (χ1v) is 11.7. The zero-order valence-corrected chi connectivity index (χ0v) is 19.7. The van der Waals surface area contributed by atoms with E-state index in [1.165, 1.54) is 17.7 Å². The Morgan fingerprint density at radius 3 is 2.12 bits per heavy atom. The van der Waals surface area contributed by atoms with E-state index in [4.69, 9.17) is 4.74 Å². The molecule has 2 aromatic rings. The molecule has 4 nitrogen and oxygen atoms in total. The van der Waals surface area contributed by atoms with Gasteiger partial charge in [-0.25, -0.2) is 4.39 Å². The van der Waals surface area contributed by atoms with E-state index in [0.717, 1.165) is 57.7 Å². The smallest absolute Gasteiger partial charge is 0.123 e. The number of benzene rings is 2. The fourth-order valence-corrected chi connectivity index (χ4v) is 4.51. The predicted molar refractivity (Wildman–Crippen MR) is 127 cm³/mol. The SMILES string of the molecule is Cc1ccc(C(C#N)(CCCN2CCN(CCOc3ccc(F)cc3)CC2)C(C)C)cc1. The van der Waals surface area contributed by atoms with Crippen LogP contribution in [0.3, 0.4) is 0 Å². The summed E-state index contributed by atoms with van der Waals surface area (Å²) in [6.45, 7) is 13.1. The molecule has 1 aliphatic heterocycles. The Kier molecular flexibility index (Phi) is 8.67. The molecule has 3 rings (SSSR count). The number of nitriles is 1. The van der Waals surface area contributed by atoms with Crippen molar-refractivity contribution >= 4 is 0 Å². The fourth-order valence-electron chi connectivity index (χ4n) is 4.51. The predicted octanol–water partition coefficient (Wildman–Crippen LogP) is 5.03. The van der Waals surface area contributed by atoms with Gasteiger partial charge in [-0.2, -0.15) is 5.26 Å². The van der Waals surface area contributed by atoms with Crippen molar-refractivity contribution in [1.29, 1.82) is 5.26 Å². The van der Waals surface area contributed by atoms with E-state index in [2.05, 4.69) is 60.9 Å². The molecule has 1 unspecified atom stereocenters. The first kappa shape index (κ1) is 24.2. The van der Waals surface area contributed by atoms with Crippen LogP contribution in [0.15, 0.2) is 48.5 Å². The highest BCUT2D eigenvalue weighted by atomic mass is 19.1. The molecule has 2 aromatic carbocycles. The van der Waals surface area contributed by atoms with E-state index in [1.54, 1.807) is 12.1 Å². The molecular formula is C27H36FN3O. The van der Waals surface area contributed by atoms with Gasteiger partial charge in [-0.15, -0.1) is 0 Å². The molecular weight excluding hydrogens is 401 g/mol. The van der Waals surface area contributed by atoms with E-state index in [-0.39, 0.29) is 11.7 Å². The zero-order chi connectivity index (χ0) is 23.0. The van der Waals surface area contributed by atoms with Crippen molar-refractivity contribution in [3.05, 3.63) is 65.5 Å². The maximum absolute atomic E-state index is 13.0. The summed E-state index contributed by atoms with van der Waals surface area (Å²) in [5, 5.41) is 10.1. The summed E-state index contributed by atoms with van der Waals surface area (Å²) in [5.74, 6) is 0.741. The molecule has 1 atom stereocenters. The van der Waals surface area contributed by atoms with Gasteiger partial charge in [-0.1, -0.05) is 43.7 Å². The van der Waals surface area contributed by atoms with Gasteiger partial charge in [0.15, 0.2) is 0 Å². The van der Waals surface area contributed by atoms with Crippen LogP contribution in [0.25, 0.3) is 0 Å². The van der Waals surface area contributed by atoms with Crippen LogP contribution in [0.5, 0.6) is 5.75 Å². The van der Waals surface area contributed by atoms with Gasteiger partial charge in [0.2, 0.25) is 0 Å². The molecule has 5 heteroatoms. The Hall–Kier alpha value is -2.42. The van der Waals surface area contributed by atoms with Crippen LogP contribution in [0.1, 0.15) is 37.8 Å². The molecule has 0 spiro atoms. The first-order chi connectivity index (χ1) is 15.4. The van der Waals surface area contributed by atoms with Crippen LogP contribution in [-0.2, 0) is 5.41 Å². The van der Waals surface area contributed by atoms with Gasteiger partial charge in [0, 0.05) is 32.7 Å². The molecule has 0 bridgehead atoms. The van der Waals surface area contributed by atoms with E-state index in [0.29, 0.717) is 12.4 Å². The fraction of sp³-hybridized carbons (Fsp3) is 0.519. The van der Waals surface area contributed by atoms with Crippen LogP contribution in [0.2, 0.25) is 0 Å². The normalized spacial score (nSPS) is 17.1. The maximum Gasteiger partial charge on any atom is 0.123 e. The third-order valence-corrected chi connectivity index (χ3v) is 6.75. The van der Waals surface area contributed by atoms with Gasteiger partial charge < -0.3 is 9.64 Å². The second-order valence-corrected chi connectivity index (χ2v) is 9.19. The van der Waals surface area contributed by atoms with Crippen molar-refractivity contribution < 1.29 is 9.13 Å². The summed E-state index contributed by atoms with van der Waals surface area (Å²) in [5.41, 5.74) is 1.95. The average molecular weight is 438 g/mol. The minimum Gasteiger partial charge on any atom is -0.492 e. The number of piperazine rings is 1. The molecule has 172 valence electrons. The van der Waals surface area contributed by atoms with Crippen molar-refractivity contribution in [2.75, 3.05) is 45.9 Å². The number of rotatable bonds is 10. The van der Waals surface area contributed by atoms with Gasteiger partial charge in [-0.05, 0) is 62.1 Å². The second kappa shape index (κ2) is 11.4. The molecule has 1 aliphatic rings. The van der Waals surface area contributed by atoms with E-state index < -0.39 is 5.41 Å². The Labute approximate surface area is 192 Å². The van der Waals surface area contributed by atoms with Gasteiger partial charge in [0.25, 0.3) is 0 Å². The molecule has 0 aliphatic carbocycles. The van der Waals surface area contributed by atoms with Crippen molar-refractivity contribution in [3.8, 4) is 11.8 Å². The van der Waals surface area contributed by atoms with Gasteiger partial charge in [0.1, 0.15) is 18.2 Å². The Bertz CT molecular complexity index is 867. The Balaban J connectivity index is 1.41. The zero-order valence-electron chi connectivity index (χ0n) is 19.7. The van der Waals surface area contributed by atoms with Crippen LogP contribution in [-0.4, -0.2) is 55.7 Å². The number of hydrogen-bond acceptors (Lipinski definition) is 4. The minimum atomic E-state index is -0.423. The lowest BCUT2D eigenvalue weighted by Crippen LogP contribution is -2.47. The molecule has 0 saturated carbocycles. The van der Waals surface area contributed by atoms with Crippen LogP contribution >= 0.6 is 0 Å². The second-order valence-electron chi connectivity index (χ2n) is 9.19. The summed E-state index contributed by atoms with van der Waals surface area (Å²) >= 11 is 0. The lowest BCUT2D eigenvalue weighted by atomic mass is 9.69. The molecule has 0 aromatic heterocycles. The largest absolute Gasteiger partial charge is 0.492 e. The summed E-state index contributed by atoms with van der Waals surface area (Å²) < 4.78 is 18.7. The summed E-state index contributed by atoms with van der Waals surface area (Å²) in [4.78, 5) is 4.93. The van der Waals surface area contributed by atoms with Gasteiger partial charge in [-0.3, -0.25) is 4.90 Å². The number of hydrogen-bond donors (Lipinski definition) is 0. The topological polar surface area (TPSA) is 39.5 Å². The third-order valence-electron chi connectivity index (χ3n) is 6.75. The number of halogens is 1. The van der Waals surface area contributed by atoms with Crippen LogP contribution < -0.4 is 4.74 Å². The molecule has 0 N–H and O–H groups in total. The van der Waals surface area contributed by atoms with Crippen molar-refractivity contribution in [1.82, 2.24) is 9.80 Å². The lowest BCUT2D eigenvalue weighted by molar-refractivity contribution is 0.114. The molecule has 1 fully saturated rings. The molecule has 1 heterocycles. The number of nitrogens with zero attached hydrogens (tertiary/aromatic N) is 3. The highest BCUT2D eigenvalue weighted by Gasteiger charge is 2.35. The van der Waals surface area contributed by atoms with E-state index in [9.17, 15) is 9.65 Å². The maximum atomic E-state index is 13.0. The Morgan fingerprint density at radius 1 is 0.969 bits per heavy atom.